The van der Waals surface area contributed by atoms with Gasteiger partial charge < -0.3 is 5.32 Å². The van der Waals surface area contributed by atoms with Gasteiger partial charge in [0.1, 0.15) is 0 Å². The van der Waals surface area contributed by atoms with E-state index >= 15 is 0 Å². The Kier molecular flexibility index (Phi) is 5.41. The number of aromatic nitrogens is 2. The third kappa shape index (κ3) is 4.23. The zero-order valence-corrected chi connectivity index (χ0v) is 13.3. The van der Waals surface area contributed by atoms with Crippen LogP contribution < -0.4 is 5.32 Å². The second-order valence-electron chi connectivity index (χ2n) is 5.81. The Labute approximate surface area is 120 Å². The zero-order chi connectivity index (χ0) is 14.6. The molecule has 4 nitrogen and oxygen atoms in total. The summed E-state index contributed by atoms with van der Waals surface area (Å²) in [5, 5.41) is 7.27. The summed E-state index contributed by atoms with van der Waals surface area (Å²) in [6, 6.07) is 0. The third-order valence-electron chi connectivity index (χ3n) is 3.45. The minimum Gasteiger partial charge on any atom is -0.351 e. The van der Waals surface area contributed by atoms with E-state index in [0.717, 1.165) is 24.2 Å². The maximum atomic E-state index is 12.2. The summed E-state index contributed by atoms with van der Waals surface area (Å²) >= 11 is 5.71. The minimum absolute atomic E-state index is 0.0398. The van der Waals surface area contributed by atoms with Crippen molar-refractivity contribution in [2.45, 2.75) is 40.5 Å². The van der Waals surface area contributed by atoms with Gasteiger partial charge in [-0.3, -0.25) is 9.48 Å². The van der Waals surface area contributed by atoms with Crippen molar-refractivity contribution in [1.82, 2.24) is 15.1 Å². The van der Waals surface area contributed by atoms with Gasteiger partial charge in [-0.1, -0.05) is 13.8 Å². The highest BCUT2D eigenvalue weighted by molar-refractivity contribution is 6.17. The molecule has 108 valence electrons. The Bertz CT molecular complexity index is 452. The molecule has 0 aromatic carbocycles. The summed E-state index contributed by atoms with van der Waals surface area (Å²) in [7, 11) is 1.85. The number of nitrogens with zero attached hydrogens (tertiary/aromatic N) is 2. The molecule has 1 aromatic rings. The molecular formula is C14H24ClN3O. The van der Waals surface area contributed by atoms with Crippen molar-refractivity contribution >= 4 is 17.5 Å². The molecule has 1 heterocycles. The number of carbonyl (C=O) groups excluding carboxylic acids is 1. The van der Waals surface area contributed by atoms with E-state index in [9.17, 15) is 4.79 Å². The standard InChI is InChI=1S/C14H24ClN3O/c1-10-12(11(2)18(5)17-10)13(19)16-9-14(3,4)7-6-8-15/h6-9H2,1-5H3,(H,16,19). The Balaban J connectivity index is 2.65. The lowest BCUT2D eigenvalue weighted by Gasteiger charge is -2.24. The molecule has 1 amide bonds. The minimum atomic E-state index is -0.0398. The van der Waals surface area contributed by atoms with Crippen LogP contribution in [0.5, 0.6) is 0 Å². The van der Waals surface area contributed by atoms with Crippen LogP contribution in [-0.2, 0) is 7.05 Å². The van der Waals surface area contributed by atoms with Gasteiger partial charge in [-0.25, -0.2) is 0 Å². The van der Waals surface area contributed by atoms with Crippen LogP contribution in [0.4, 0.5) is 0 Å². The first-order chi connectivity index (χ1) is 8.78. The molecule has 0 aliphatic heterocycles. The van der Waals surface area contributed by atoms with Gasteiger partial charge in [0, 0.05) is 25.2 Å². The van der Waals surface area contributed by atoms with Gasteiger partial charge in [0.2, 0.25) is 0 Å². The number of aryl methyl sites for hydroxylation is 2. The van der Waals surface area contributed by atoms with Crippen molar-refractivity contribution in [1.29, 1.82) is 0 Å². The van der Waals surface area contributed by atoms with Crippen molar-refractivity contribution < 1.29 is 4.79 Å². The highest BCUT2D eigenvalue weighted by Crippen LogP contribution is 2.22. The molecular weight excluding hydrogens is 262 g/mol. The van der Waals surface area contributed by atoms with E-state index in [-0.39, 0.29) is 11.3 Å². The van der Waals surface area contributed by atoms with Crippen LogP contribution in [0.15, 0.2) is 0 Å². The van der Waals surface area contributed by atoms with E-state index in [0.29, 0.717) is 18.0 Å². The highest BCUT2D eigenvalue weighted by Gasteiger charge is 2.21. The SMILES string of the molecule is Cc1nn(C)c(C)c1C(=O)NCC(C)(C)CCCCl. The van der Waals surface area contributed by atoms with Crippen molar-refractivity contribution in [3.8, 4) is 0 Å². The van der Waals surface area contributed by atoms with Gasteiger partial charge >= 0.3 is 0 Å². The molecule has 0 aliphatic carbocycles. The molecule has 0 fully saturated rings. The van der Waals surface area contributed by atoms with Crippen LogP contribution in [0.3, 0.4) is 0 Å². The molecule has 1 N–H and O–H groups in total. The number of nitrogens with one attached hydrogen (secondary N) is 1. The number of amides is 1. The largest absolute Gasteiger partial charge is 0.351 e. The topological polar surface area (TPSA) is 46.9 Å². The maximum Gasteiger partial charge on any atom is 0.255 e. The van der Waals surface area contributed by atoms with Gasteiger partial charge in [-0.2, -0.15) is 5.10 Å². The van der Waals surface area contributed by atoms with E-state index in [2.05, 4.69) is 24.3 Å². The fourth-order valence-electron chi connectivity index (χ4n) is 2.14. The summed E-state index contributed by atoms with van der Waals surface area (Å²) < 4.78 is 1.74. The van der Waals surface area contributed by atoms with Gasteiger partial charge in [0.15, 0.2) is 0 Å². The van der Waals surface area contributed by atoms with Crippen molar-refractivity contribution in [3.63, 3.8) is 0 Å². The smallest absolute Gasteiger partial charge is 0.255 e. The number of halogens is 1. The number of hydrogen-bond acceptors (Lipinski definition) is 2. The molecule has 0 saturated carbocycles. The molecule has 0 saturated heterocycles. The zero-order valence-electron chi connectivity index (χ0n) is 12.5. The highest BCUT2D eigenvalue weighted by atomic mass is 35.5. The molecule has 0 aliphatic rings. The molecule has 5 heteroatoms. The lowest BCUT2D eigenvalue weighted by Crippen LogP contribution is -2.34. The van der Waals surface area contributed by atoms with Crippen molar-refractivity contribution in [3.05, 3.63) is 17.0 Å². The number of rotatable bonds is 6. The van der Waals surface area contributed by atoms with Crippen molar-refractivity contribution in [2.24, 2.45) is 12.5 Å². The summed E-state index contributed by atoms with van der Waals surface area (Å²) in [6.45, 7) is 8.70. The van der Waals surface area contributed by atoms with Crippen LogP contribution in [0.1, 0.15) is 48.4 Å². The lowest BCUT2D eigenvalue weighted by molar-refractivity contribution is 0.0933. The van der Waals surface area contributed by atoms with Crippen LogP contribution >= 0.6 is 11.6 Å². The van der Waals surface area contributed by atoms with Gasteiger partial charge in [0.05, 0.1) is 11.3 Å². The number of alkyl halides is 1. The average Bonchev–Trinajstić information content (AvgIpc) is 2.58. The van der Waals surface area contributed by atoms with Gasteiger partial charge in [-0.15, -0.1) is 11.6 Å². The van der Waals surface area contributed by atoms with E-state index in [1.807, 2.05) is 20.9 Å². The van der Waals surface area contributed by atoms with Gasteiger partial charge in [0.25, 0.3) is 5.91 Å². The molecule has 0 spiro atoms. The first kappa shape index (κ1) is 16.0. The predicted octanol–water partition coefficient (Wildman–Crippen LogP) is 2.81. The summed E-state index contributed by atoms with van der Waals surface area (Å²) in [5.74, 6) is 0.625. The predicted molar refractivity (Wildman–Crippen MR) is 78.8 cm³/mol. The fraction of sp³-hybridized carbons (Fsp3) is 0.714. The summed E-state index contributed by atoms with van der Waals surface area (Å²) in [5.41, 5.74) is 2.43. The normalized spacial score (nSPS) is 11.7. The molecule has 0 atom stereocenters. The Morgan fingerprint density at radius 1 is 1.42 bits per heavy atom. The van der Waals surface area contributed by atoms with E-state index in [1.54, 1.807) is 4.68 Å². The maximum absolute atomic E-state index is 12.2. The summed E-state index contributed by atoms with van der Waals surface area (Å²) in [4.78, 5) is 12.2. The fourth-order valence-corrected chi connectivity index (χ4v) is 2.28. The van der Waals surface area contributed by atoms with E-state index in [1.165, 1.54) is 0 Å². The average molecular weight is 286 g/mol. The van der Waals surface area contributed by atoms with E-state index < -0.39 is 0 Å². The Hall–Kier alpha value is -1.03. The monoisotopic (exact) mass is 285 g/mol. The molecule has 1 aromatic heterocycles. The van der Waals surface area contributed by atoms with Crippen molar-refractivity contribution in [2.75, 3.05) is 12.4 Å². The second kappa shape index (κ2) is 6.42. The van der Waals surface area contributed by atoms with E-state index in [4.69, 9.17) is 11.6 Å². The second-order valence-corrected chi connectivity index (χ2v) is 6.19. The molecule has 1 rings (SSSR count). The third-order valence-corrected chi connectivity index (χ3v) is 3.72. The molecule has 0 unspecified atom stereocenters. The molecule has 0 bridgehead atoms. The van der Waals surface area contributed by atoms with Crippen LogP contribution in [0, 0.1) is 19.3 Å². The molecule has 0 radical (unpaired) electrons. The molecule has 19 heavy (non-hydrogen) atoms. The quantitative estimate of drug-likeness (QED) is 0.817. The van der Waals surface area contributed by atoms with Crippen LogP contribution in [0.2, 0.25) is 0 Å². The Morgan fingerprint density at radius 3 is 2.53 bits per heavy atom. The lowest BCUT2D eigenvalue weighted by atomic mass is 9.88. The first-order valence-corrected chi connectivity index (χ1v) is 7.16. The number of hydrogen-bond donors (Lipinski definition) is 1. The first-order valence-electron chi connectivity index (χ1n) is 6.63. The van der Waals surface area contributed by atoms with Gasteiger partial charge in [-0.05, 0) is 32.1 Å². The number of carbonyl (C=O) groups is 1. The van der Waals surface area contributed by atoms with Crippen LogP contribution in [-0.4, -0.2) is 28.1 Å². The Morgan fingerprint density at radius 2 is 2.05 bits per heavy atom. The summed E-state index contributed by atoms with van der Waals surface area (Å²) in [6.07, 6.45) is 1.97. The van der Waals surface area contributed by atoms with Crippen LogP contribution in [0.25, 0.3) is 0 Å².